The molecule has 5 rings (SSSR count). The zero-order valence-electron chi connectivity index (χ0n) is 19.5. The van der Waals surface area contributed by atoms with Crippen LogP contribution in [0.3, 0.4) is 0 Å². The van der Waals surface area contributed by atoms with E-state index in [0.29, 0.717) is 40.4 Å². The Morgan fingerprint density at radius 1 is 1.20 bits per heavy atom. The molecule has 1 fully saturated rings. The van der Waals surface area contributed by atoms with Crippen molar-refractivity contribution in [2.75, 3.05) is 18.6 Å². The first-order valence-corrected chi connectivity index (χ1v) is 12.9. The summed E-state index contributed by atoms with van der Waals surface area (Å²) in [7, 11) is -2.26. The number of sulfonamides is 1. The largest absolute Gasteiger partial charge is 0.497 e. The lowest BCUT2D eigenvalue weighted by Gasteiger charge is -2.29. The van der Waals surface area contributed by atoms with Gasteiger partial charge in [0, 0.05) is 18.5 Å². The standard InChI is InChI=1S/C24H26N4O6S/c1-15-10-19-20(11-21(15)35(30,31)25-12-16-6-8-18(32-2)9-7-16)33-14-23(29)28(19)13-22-26-24(34-27-22)17-4-3-5-17/h6-11,17,25H,3-5,12-14H2,1-2H3. The molecule has 0 unspecified atom stereocenters. The molecule has 0 radical (unpaired) electrons. The molecule has 1 aromatic heterocycles. The van der Waals surface area contributed by atoms with E-state index in [9.17, 15) is 13.2 Å². The Balaban J connectivity index is 1.36. The Labute approximate surface area is 203 Å². The van der Waals surface area contributed by atoms with Crippen molar-refractivity contribution in [3.63, 3.8) is 0 Å². The van der Waals surface area contributed by atoms with Crippen LogP contribution in [0.2, 0.25) is 0 Å². The van der Waals surface area contributed by atoms with Crippen LogP contribution >= 0.6 is 0 Å². The molecule has 2 heterocycles. The van der Waals surface area contributed by atoms with E-state index in [1.165, 1.54) is 11.0 Å². The van der Waals surface area contributed by atoms with E-state index in [-0.39, 0.29) is 30.5 Å². The number of hydrogen-bond acceptors (Lipinski definition) is 8. The predicted molar refractivity (Wildman–Crippen MR) is 126 cm³/mol. The molecule has 10 nitrogen and oxygen atoms in total. The van der Waals surface area contributed by atoms with Crippen molar-refractivity contribution in [2.45, 2.75) is 50.1 Å². The number of anilines is 1. The summed E-state index contributed by atoms with van der Waals surface area (Å²) in [6, 6.07) is 10.2. The number of ether oxygens (including phenoxy) is 2. The number of amides is 1. The van der Waals surface area contributed by atoms with Gasteiger partial charge in [-0.05, 0) is 49.1 Å². The third-order valence-corrected chi connectivity index (χ3v) is 7.90. The molecule has 184 valence electrons. The minimum atomic E-state index is -3.84. The highest BCUT2D eigenvalue weighted by Crippen LogP contribution is 2.38. The Kier molecular flexibility index (Phi) is 6.20. The van der Waals surface area contributed by atoms with Crippen LogP contribution < -0.4 is 19.1 Å². The number of hydrogen-bond donors (Lipinski definition) is 1. The highest BCUT2D eigenvalue weighted by molar-refractivity contribution is 7.89. The number of rotatable bonds is 8. The number of nitrogens with one attached hydrogen (secondary N) is 1. The minimum Gasteiger partial charge on any atom is -0.497 e. The summed E-state index contributed by atoms with van der Waals surface area (Å²) in [5.74, 6) is 2.04. The molecule has 2 aromatic carbocycles. The van der Waals surface area contributed by atoms with Crippen LogP contribution in [0.1, 0.15) is 48.0 Å². The van der Waals surface area contributed by atoms with E-state index >= 15 is 0 Å². The SMILES string of the molecule is COc1ccc(CNS(=O)(=O)c2cc3c(cc2C)N(Cc2noc(C4CCC4)n2)C(=O)CO3)cc1. The molecule has 1 amide bonds. The van der Waals surface area contributed by atoms with E-state index in [1.54, 1.807) is 44.4 Å². The molecule has 3 aromatic rings. The number of fused-ring (bicyclic) bond motifs is 1. The third-order valence-electron chi connectivity index (χ3n) is 6.35. The summed E-state index contributed by atoms with van der Waals surface area (Å²) in [6.07, 6.45) is 3.21. The molecule has 0 spiro atoms. The van der Waals surface area contributed by atoms with Crippen LogP contribution in [-0.4, -0.2) is 38.2 Å². The molecular weight excluding hydrogens is 472 g/mol. The molecule has 35 heavy (non-hydrogen) atoms. The fourth-order valence-corrected chi connectivity index (χ4v) is 5.35. The Bertz CT molecular complexity index is 1350. The summed E-state index contributed by atoms with van der Waals surface area (Å²) in [4.78, 5) is 18.7. The van der Waals surface area contributed by atoms with Gasteiger partial charge in [0.25, 0.3) is 5.91 Å². The number of aryl methyl sites for hydroxylation is 1. The molecular formula is C24H26N4O6S. The number of nitrogens with zero attached hydrogens (tertiary/aromatic N) is 3. The molecule has 0 bridgehead atoms. The maximum Gasteiger partial charge on any atom is 0.265 e. The number of aromatic nitrogens is 2. The normalized spacial score (nSPS) is 15.9. The first kappa shape index (κ1) is 23.3. The number of carbonyl (C=O) groups is 1. The van der Waals surface area contributed by atoms with Crippen LogP contribution in [0, 0.1) is 6.92 Å². The zero-order valence-corrected chi connectivity index (χ0v) is 20.3. The van der Waals surface area contributed by atoms with E-state index in [4.69, 9.17) is 14.0 Å². The van der Waals surface area contributed by atoms with E-state index in [0.717, 1.165) is 24.8 Å². The van der Waals surface area contributed by atoms with Crippen molar-refractivity contribution in [3.8, 4) is 11.5 Å². The summed E-state index contributed by atoms with van der Waals surface area (Å²) in [5.41, 5.74) is 1.75. The maximum absolute atomic E-state index is 13.1. The van der Waals surface area contributed by atoms with Gasteiger partial charge in [0.1, 0.15) is 11.5 Å². The predicted octanol–water partition coefficient (Wildman–Crippen LogP) is 3.06. The second kappa shape index (κ2) is 9.31. The van der Waals surface area contributed by atoms with Crippen LogP contribution in [0.25, 0.3) is 0 Å². The van der Waals surface area contributed by atoms with Crippen LogP contribution in [-0.2, 0) is 27.9 Å². The van der Waals surface area contributed by atoms with E-state index in [1.807, 2.05) is 0 Å². The van der Waals surface area contributed by atoms with Crippen molar-refractivity contribution in [1.29, 1.82) is 0 Å². The summed E-state index contributed by atoms with van der Waals surface area (Å²) < 4.78 is 44.9. The lowest BCUT2D eigenvalue weighted by molar-refractivity contribution is -0.121. The van der Waals surface area contributed by atoms with Crippen LogP contribution in [0.4, 0.5) is 5.69 Å². The van der Waals surface area contributed by atoms with Gasteiger partial charge in [-0.25, -0.2) is 13.1 Å². The van der Waals surface area contributed by atoms with Gasteiger partial charge in [-0.1, -0.05) is 23.7 Å². The highest BCUT2D eigenvalue weighted by atomic mass is 32.2. The maximum atomic E-state index is 13.1. The van der Waals surface area contributed by atoms with Gasteiger partial charge in [-0.15, -0.1) is 0 Å². The first-order valence-electron chi connectivity index (χ1n) is 11.4. The molecule has 1 saturated carbocycles. The molecule has 0 saturated heterocycles. The lowest BCUT2D eigenvalue weighted by Crippen LogP contribution is -2.38. The zero-order chi connectivity index (χ0) is 24.6. The fourth-order valence-electron chi connectivity index (χ4n) is 4.09. The van der Waals surface area contributed by atoms with Gasteiger partial charge in [0.15, 0.2) is 12.4 Å². The van der Waals surface area contributed by atoms with Crippen molar-refractivity contribution in [3.05, 3.63) is 59.2 Å². The average molecular weight is 499 g/mol. The minimum absolute atomic E-state index is 0.0888. The quantitative estimate of drug-likeness (QED) is 0.503. The van der Waals surface area contributed by atoms with Gasteiger partial charge < -0.3 is 14.0 Å². The molecule has 1 aliphatic heterocycles. The summed E-state index contributed by atoms with van der Waals surface area (Å²) in [5, 5.41) is 4.03. The summed E-state index contributed by atoms with van der Waals surface area (Å²) in [6.45, 7) is 1.72. The number of carbonyl (C=O) groups excluding carboxylic acids is 1. The molecule has 11 heteroatoms. The van der Waals surface area contributed by atoms with Crippen molar-refractivity contribution in [1.82, 2.24) is 14.9 Å². The number of benzene rings is 2. The second-order valence-corrected chi connectivity index (χ2v) is 10.4. The second-order valence-electron chi connectivity index (χ2n) is 8.70. The Morgan fingerprint density at radius 2 is 1.97 bits per heavy atom. The van der Waals surface area contributed by atoms with Gasteiger partial charge in [-0.3, -0.25) is 9.69 Å². The molecule has 2 aliphatic rings. The van der Waals surface area contributed by atoms with Gasteiger partial charge in [-0.2, -0.15) is 4.98 Å². The first-order chi connectivity index (χ1) is 16.8. The Hall–Kier alpha value is -3.44. The fraction of sp³-hybridized carbons (Fsp3) is 0.375. The van der Waals surface area contributed by atoms with Crippen LogP contribution in [0.5, 0.6) is 11.5 Å². The van der Waals surface area contributed by atoms with Gasteiger partial charge >= 0.3 is 0 Å². The average Bonchev–Trinajstić information content (AvgIpc) is 3.26. The summed E-state index contributed by atoms with van der Waals surface area (Å²) >= 11 is 0. The van der Waals surface area contributed by atoms with Crippen molar-refractivity contribution < 1.29 is 27.2 Å². The van der Waals surface area contributed by atoms with Crippen molar-refractivity contribution >= 4 is 21.6 Å². The third kappa shape index (κ3) is 4.73. The molecule has 1 aliphatic carbocycles. The Morgan fingerprint density at radius 3 is 2.66 bits per heavy atom. The van der Waals surface area contributed by atoms with Gasteiger partial charge in [0.05, 0.1) is 24.2 Å². The smallest absolute Gasteiger partial charge is 0.265 e. The number of methoxy groups -OCH3 is 1. The highest BCUT2D eigenvalue weighted by Gasteiger charge is 2.31. The topological polar surface area (TPSA) is 124 Å². The molecule has 1 N–H and O–H groups in total. The monoisotopic (exact) mass is 498 g/mol. The van der Waals surface area contributed by atoms with Gasteiger partial charge in [0.2, 0.25) is 15.9 Å². The molecule has 0 atom stereocenters. The van der Waals surface area contributed by atoms with Crippen molar-refractivity contribution in [2.24, 2.45) is 0 Å². The van der Waals surface area contributed by atoms with E-state index in [2.05, 4.69) is 14.9 Å². The lowest BCUT2D eigenvalue weighted by atomic mass is 9.85. The van der Waals surface area contributed by atoms with Crippen LogP contribution in [0.15, 0.2) is 45.8 Å². The van der Waals surface area contributed by atoms with E-state index < -0.39 is 10.0 Å².